The molecule has 0 aliphatic heterocycles. The van der Waals surface area contributed by atoms with Crippen LogP contribution in [0, 0.1) is 6.92 Å². The molecule has 22 heavy (non-hydrogen) atoms. The van der Waals surface area contributed by atoms with E-state index in [2.05, 4.69) is 24.4 Å². The molecule has 0 bridgehead atoms. The van der Waals surface area contributed by atoms with Crippen molar-refractivity contribution in [3.05, 3.63) is 69.2 Å². The van der Waals surface area contributed by atoms with Gasteiger partial charge in [-0.1, -0.05) is 59.6 Å². The molecule has 0 fully saturated rings. The first kappa shape index (κ1) is 16.9. The third kappa shape index (κ3) is 4.75. The molecule has 116 valence electrons. The Bertz CT molecular complexity index is 655. The summed E-state index contributed by atoms with van der Waals surface area (Å²) in [5.41, 5.74) is 3.42. The van der Waals surface area contributed by atoms with Crippen LogP contribution in [0.25, 0.3) is 0 Å². The Kier molecular flexibility index (Phi) is 6.29. The molecule has 0 atom stereocenters. The van der Waals surface area contributed by atoms with E-state index in [1.165, 1.54) is 11.1 Å². The number of carbonyl (C=O) groups is 1. The molecule has 1 amide bonds. The Labute approximate surface area is 141 Å². The topological polar surface area (TPSA) is 29.1 Å². The maximum absolute atomic E-state index is 11.9. The van der Waals surface area contributed by atoms with E-state index in [1.807, 2.05) is 24.3 Å². The smallest absolute Gasteiger partial charge is 0.220 e. The van der Waals surface area contributed by atoms with Crippen molar-refractivity contribution in [1.29, 1.82) is 0 Å². The summed E-state index contributed by atoms with van der Waals surface area (Å²) < 4.78 is 0. The number of aryl methyl sites for hydroxylation is 2. The Hall–Kier alpha value is -1.51. The number of carbonyl (C=O) groups excluding carboxylic acids is 1. The van der Waals surface area contributed by atoms with E-state index in [0.717, 1.165) is 12.0 Å². The minimum absolute atomic E-state index is 0.0321. The van der Waals surface area contributed by atoms with E-state index in [0.29, 0.717) is 29.4 Å². The summed E-state index contributed by atoms with van der Waals surface area (Å²) in [6, 6.07) is 13.7. The molecule has 0 saturated heterocycles. The van der Waals surface area contributed by atoms with Gasteiger partial charge in [0, 0.05) is 13.0 Å². The van der Waals surface area contributed by atoms with Crippen LogP contribution in [0.5, 0.6) is 0 Å². The molecule has 0 aliphatic carbocycles. The van der Waals surface area contributed by atoms with Crippen molar-refractivity contribution < 1.29 is 4.79 Å². The van der Waals surface area contributed by atoms with Crippen molar-refractivity contribution in [3.63, 3.8) is 0 Å². The van der Waals surface area contributed by atoms with Crippen molar-refractivity contribution in [2.24, 2.45) is 0 Å². The third-order valence-corrected chi connectivity index (χ3v) is 4.49. The van der Waals surface area contributed by atoms with Crippen molar-refractivity contribution in [3.8, 4) is 0 Å². The summed E-state index contributed by atoms with van der Waals surface area (Å²) in [5, 5.41) is 4.01. The summed E-state index contributed by atoms with van der Waals surface area (Å²) in [6.07, 6.45) is 1.85. The maximum Gasteiger partial charge on any atom is 0.220 e. The molecule has 0 aliphatic rings. The molecule has 0 unspecified atom stereocenters. The van der Waals surface area contributed by atoms with E-state index in [9.17, 15) is 4.79 Å². The van der Waals surface area contributed by atoms with Gasteiger partial charge in [-0.25, -0.2) is 0 Å². The predicted octanol–water partition coefficient (Wildman–Crippen LogP) is 4.59. The lowest BCUT2D eigenvalue weighted by atomic mass is 10.1. The molecular weight excluding hydrogens is 317 g/mol. The van der Waals surface area contributed by atoms with Crippen molar-refractivity contribution >= 4 is 29.1 Å². The summed E-state index contributed by atoms with van der Waals surface area (Å²) in [4.78, 5) is 11.9. The fourth-order valence-corrected chi connectivity index (χ4v) is 2.72. The minimum atomic E-state index is 0.0321. The predicted molar refractivity (Wildman–Crippen MR) is 92.7 cm³/mol. The Morgan fingerprint density at radius 2 is 1.73 bits per heavy atom. The van der Waals surface area contributed by atoms with E-state index in [1.54, 1.807) is 6.07 Å². The second-order valence-electron chi connectivity index (χ2n) is 5.24. The van der Waals surface area contributed by atoms with Crippen LogP contribution in [0.3, 0.4) is 0 Å². The van der Waals surface area contributed by atoms with Gasteiger partial charge in [-0.15, -0.1) is 0 Å². The highest BCUT2D eigenvalue weighted by molar-refractivity contribution is 6.42. The van der Waals surface area contributed by atoms with Gasteiger partial charge < -0.3 is 5.32 Å². The van der Waals surface area contributed by atoms with Crippen LogP contribution >= 0.6 is 23.2 Å². The lowest BCUT2D eigenvalue weighted by molar-refractivity contribution is -0.121. The molecule has 0 saturated carbocycles. The van der Waals surface area contributed by atoms with Gasteiger partial charge in [0.25, 0.3) is 0 Å². The van der Waals surface area contributed by atoms with Gasteiger partial charge in [0.2, 0.25) is 5.91 Å². The first-order valence-electron chi connectivity index (χ1n) is 7.32. The van der Waals surface area contributed by atoms with Crippen LogP contribution in [-0.4, -0.2) is 12.5 Å². The van der Waals surface area contributed by atoms with Crippen LogP contribution < -0.4 is 5.32 Å². The molecule has 0 radical (unpaired) electrons. The zero-order chi connectivity index (χ0) is 15.9. The molecule has 2 rings (SSSR count). The summed E-state index contributed by atoms with van der Waals surface area (Å²) in [6.45, 7) is 2.73. The standard InChI is InChI=1S/C18H19Cl2NO/c1-13-5-2-3-6-14(13)11-12-21-17(22)10-9-15-7-4-8-16(19)18(15)20/h2-8H,9-12H2,1H3,(H,21,22). The number of amides is 1. The second-order valence-corrected chi connectivity index (χ2v) is 6.02. The number of hydrogen-bond acceptors (Lipinski definition) is 1. The zero-order valence-electron chi connectivity index (χ0n) is 12.5. The number of benzene rings is 2. The van der Waals surface area contributed by atoms with E-state index in [4.69, 9.17) is 23.2 Å². The molecule has 2 aromatic carbocycles. The van der Waals surface area contributed by atoms with Crippen LogP contribution in [0.2, 0.25) is 10.0 Å². The van der Waals surface area contributed by atoms with Crippen LogP contribution in [0.4, 0.5) is 0 Å². The van der Waals surface area contributed by atoms with Gasteiger partial charge in [-0.05, 0) is 42.5 Å². The third-order valence-electron chi connectivity index (χ3n) is 3.63. The SMILES string of the molecule is Cc1ccccc1CCNC(=O)CCc1cccc(Cl)c1Cl. The van der Waals surface area contributed by atoms with Gasteiger partial charge in [-0.2, -0.15) is 0 Å². The average Bonchev–Trinajstić information content (AvgIpc) is 2.51. The first-order valence-corrected chi connectivity index (χ1v) is 8.07. The minimum Gasteiger partial charge on any atom is -0.356 e. The van der Waals surface area contributed by atoms with Gasteiger partial charge in [0.15, 0.2) is 0 Å². The fourth-order valence-electron chi connectivity index (χ4n) is 2.31. The number of nitrogens with one attached hydrogen (secondary N) is 1. The quantitative estimate of drug-likeness (QED) is 0.821. The fraction of sp³-hybridized carbons (Fsp3) is 0.278. The van der Waals surface area contributed by atoms with Crippen molar-refractivity contribution in [2.75, 3.05) is 6.54 Å². The van der Waals surface area contributed by atoms with E-state index >= 15 is 0 Å². The highest BCUT2D eigenvalue weighted by Gasteiger charge is 2.07. The molecule has 0 spiro atoms. The number of halogens is 2. The maximum atomic E-state index is 11.9. The number of rotatable bonds is 6. The van der Waals surface area contributed by atoms with E-state index in [-0.39, 0.29) is 5.91 Å². The van der Waals surface area contributed by atoms with Crippen LogP contribution in [-0.2, 0) is 17.6 Å². The van der Waals surface area contributed by atoms with Gasteiger partial charge in [-0.3, -0.25) is 4.79 Å². The Morgan fingerprint density at radius 3 is 2.50 bits per heavy atom. The summed E-state index contributed by atoms with van der Waals surface area (Å²) in [7, 11) is 0. The molecule has 1 N–H and O–H groups in total. The lowest BCUT2D eigenvalue weighted by Crippen LogP contribution is -2.26. The van der Waals surface area contributed by atoms with Crippen molar-refractivity contribution in [2.45, 2.75) is 26.2 Å². The first-order chi connectivity index (χ1) is 10.6. The second kappa shape index (κ2) is 8.21. The molecule has 2 aromatic rings. The highest BCUT2D eigenvalue weighted by Crippen LogP contribution is 2.26. The molecule has 0 aromatic heterocycles. The lowest BCUT2D eigenvalue weighted by Gasteiger charge is -2.08. The summed E-state index contributed by atoms with van der Waals surface area (Å²) in [5.74, 6) is 0.0321. The molecular formula is C18H19Cl2NO. The largest absolute Gasteiger partial charge is 0.356 e. The number of hydrogen-bond donors (Lipinski definition) is 1. The zero-order valence-corrected chi connectivity index (χ0v) is 14.0. The Morgan fingerprint density at radius 1 is 1.00 bits per heavy atom. The van der Waals surface area contributed by atoms with Crippen molar-refractivity contribution in [1.82, 2.24) is 5.32 Å². The van der Waals surface area contributed by atoms with E-state index < -0.39 is 0 Å². The van der Waals surface area contributed by atoms with Crippen LogP contribution in [0.1, 0.15) is 23.1 Å². The van der Waals surface area contributed by atoms with Gasteiger partial charge >= 0.3 is 0 Å². The Balaban J connectivity index is 1.77. The monoisotopic (exact) mass is 335 g/mol. The normalized spacial score (nSPS) is 10.5. The highest BCUT2D eigenvalue weighted by atomic mass is 35.5. The molecule has 2 nitrogen and oxygen atoms in total. The molecule has 4 heteroatoms. The van der Waals surface area contributed by atoms with Crippen LogP contribution in [0.15, 0.2) is 42.5 Å². The van der Waals surface area contributed by atoms with Gasteiger partial charge in [0.1, 0.15) is 0 Å². The average molecular weight is 336 g/mol. The van der Waals surface area contributed by atoms with Gasteiger partial charge in [0.05, 0.1) is 10.0 Å². The molecule has 0 heterocycles. The summed E-state index contributed by atoms with van der Waals surface area (Å²) >= 11 is 12.1.